The summed E-state index contributed by atoms with van der Waals surface area (Å²) in [5, 5.41) is 1.16. The summed E-state index contributed by atoms with van der Waals surface area (Å²) in [6.07, 6.45) is 0. The van der Waals surface area contributed by atoms with Gasteiger partial charge in [-0.15, -0.1) is 5.06 Å². The second kappa shape index (κ2) is 4.26. The maximum Gasteiger partial charge on any atom is 0.322 e. The van der Waals surface area contributed by atoms with Gasteiger partial charge < -0.3 is 4.84 Å². The topological polar surface area (TPSA) is 29.5 Å². The monoisotopic (exact) mass is 135 g/mol. The van der Waals surface area contributed by atoms with Crippen molar-refractivity contribution >= 4 is 5.97 Å². The van der Waals surface area contributed by atoms with Crippen LogP contribution in [0.25, 0.3) is 0 Å². The van der Waals surface area contributed by atoms with Crippen molar-refractivity contribution in [2.45, 2.75) is 6.92 Å². The van der Waals surface area contributed by atoms with Gasteiger partial charge in [-0.2, -0.15) is 0 Å². The zero-order valence-electron chi connectivity index (χ0n) is 5.56. The van der Waals surface area contributed by atoms with E-state index in [4.69, 9.17) is 0 Å². The molecule has 0 fully saturated rings. The van der Waals surface area contributed by atoms with Crippen LogP contribution in [0.15, 0.2) is 0 Å². The maximum atomic E-state index is 11.5. The number of hydrogen-bond donors (Lipinski definition) is 0. The van der Waals surface area contributed by atoms with Crippen LogP contribution in [-0.2, 0) is 9.63 Å². The molecule has 54 valence electrons. The molecule has 0 aliphatic heterocycles. The molecule has 0 unspecified atom stereocenters. The van der Waals surface area contributed by atoms with Crippen LogP contribution in [-0.4, -0.2) is 31.3 Å². The predicted octanol–water partition coefficient (Wildman–Crippen LogP) is 0.366. The Morgan fingerprint density at radius 2 is 2.33 bits per heavy atom. The second-order valence-electron chi connectivity index (χ2n) is 1.62. The molecule has 3 nitrogen and oxygen atoms in total. The molecule has 0 aliphatic rings. The molecule has 0 bridgehead atoms. The van der Waals surface area contributed by atoms with E-state index in [0.717, 1.165) is 5.06 Å². The fraction of sp³-hybridized carbons (Fsp3) is 0.800. The summed E-state index contributed by atoms with van der Waals surface area (Å²) in [4.78, 5) is 14.6. The first-order valence-corrected chi connectivity index (χ1v) is 2.62. The van der Waals surface area contributed by atoms with Crippen LogP contribution in [0.4, 0.5) is 4.39 Å². The number of halogens is 1. The quantitative estimate of drug-likeness (QED) is 0.523. The van der Waals surface area contributed by atoms with Crippen LogP contribution in [0.2, 0.25) is 0 Å². The van der Waals surface area contributed by atoms with Gasteiger partial charge in [0.1, 0.15) is 6.67 Å². The minimum absolute atomic E-state index is 0.125. The fourth-order valence-corrected chi connectivity index (χ4v) is 0.384. The van der Waals surface area contributed by atoms with Crippen LogP contribution in [0.5, 0.6) is 0 Å². The van der Waals surface area contributed by atoms with Crippen molar-refractivity contribution in [3.8, 4) is 0 Å². The average Bonchev–Trinajstić information content (AvgIpc) is 1.63. The lowest BCUT2D eigenvalue weighted by Gasteiger charge is -2.11. The molecular formula is C5H10FNO2. The van der Waals surface area contributed by atoms with E-state index in [9.17, 15) is 9.18 Å². The lowest BCUT2D eigenvalue weighted by molar-refractivity contribution is -0.181. The van der Waals surface area contributed by atoms with Crippen LogP contribution >= 0.6 is 0 Å². The third-order valence-corrected chi connectivity index (χ3v) is 0.684. The Morgan fingerprint density at radius 1 is 1.78 bits per heavy atom. The molecular weight excluding hydrogens is 125 g/mol. The number of alkyl halides is 1. The highest BCUT2D eigenvalue weighted by atomic mass is 19.1. The highest BCUT2D eigenvalue weighted by Gasteiger charge is 1.99. The molecule has 0 N–H and O–H groups in total. The van der Waals surface area contributed by atoms with Gasteiger partial charge in [-0.1, -0.05) is 0 Å². The summed E-state index contributed by atoms with van der Waals surface area (Å²) in [5.74, 6) is -0.425. The lowest BCUT2D eigenvalue weighted by Crippen LogP contribution is -2.23. The van der Waals surface area contributed by atoms with Gasteiger partial charge in [0.25, 0.3) is 0 Å². The molecule has 4 heteroatoms. The highest BCUT2D eigenvalue weighted by molar-refractivity contribution is 5.65. The van der Waals surface area contributed by atoms with Crippen molar-refractivity contribution < 1.29 is 14.0 Å². The number of hydrogen-bond acceptors (Lipinski definition) is 3. The number of carbonyl (C=O) groups excluding carboxylic acids is 1. The first kappa shape index (κ1) is 8.36. The van der Waals surface area contributed by atoms with Gasteiger partial charge in [0, 0.05) is 14.0 Å². The number of carbonyl (C=O) groups is 1. The van der Waals surface area contributed by atoms with Crippen molar-refractivity contribution in [1.82, 2.24) is 5.06 Å². The van der Waals surface area contributed by atoms with Gasteiger partial charge in [-0.05, 0) is 0 Å². The van der Waals surface area contributed by atoms with E-state index in [0.29, 0.717) is 0 Å². The standard InChI is InChI=1S/C5H10FNO2/c1-5(8)9-7(2)4-3-6/h3-4H2,1-2H3. The molecule has 0 rings (SSSR count). The van der Waals surface area contributed by atoms with E-state index < -0.39 is 12.6 Å². The van der Waals surface area contributed by atoms with E-state index in [1.165, 1.54) is 14.0 Å². The van der Waals surface area contributed by atoms with E-state index in [1.54, 1.807) is 0 Å². The molecule has 0 aromatic heterocycles. The molecule has 0 saturated heterocycles. The summed E-state index contributed by atoms with van der Waals surface area (Å²) in [5.41, 5.74) is 0. The number of nitrogens with zero attached hydrogens (tertiary/aromatic N) is 1. The van der Waals surface area contributed by atoms with Crippen LogP contribution in [0.1, 0.15) is 6.92 Å². The van der Waals surface area contributed by atoms with E-state index >= 15 is 0 Å². The normalized spacial score (nSPS) is 9.78. The van der Waals surface area contributed by atoms with Crippen molar-refractivity contribution in [3.63, 3.8) is 0 Å². The van der Waals surface area contributed by atoms with E-state index in [1.807, 2.05) is 0 Å². The minimum Gasteiger partial charge on any atom is -0.368 e. The molecule has 0 spiro atoms. The molecule has 0 aliphatic carbocycles. The minimum atomic E-state index is -0.510. The van der Waals surface area contributed by atoms with Gasteiger partial charge in [-0.25, -0.2) is 4.39 Å². The van der Waals surface area contributed by atoms with Crippen molar-refractivity contribution in [2.24, 2.45) is 0 Å². The molecule has 0 heterocycles. The second-order valence-corrected chi connectivity index (χ2v) is 1.62. The molecule has 0 atom stereocenters. The van der Waals surface area contributed by atoms with Crippen LogP contribution in [0, 0.1) is 0 Å². The zero-order valence-corrected chi connectivity index (χ0v) is 5.56. The lowest BCUT2D eigenvalue weighted by atomic mass is 10.7. The van der Waals surface area contributed by atoms with Crippen molar-refractivity contribution in [1.29, 1.82) is 0 Å². The largest absolute Gasteiger partial charge is 0.368 e. The third kappa shape index (κ3) is 5.23. The number of hydroxylamine groups is 2. The molecule has 0 saturated carbocycles. The summed E-state index contributed by atoms with van der Waals surface area (Å²) in [6, 6.07) is 0. The fourth-order valence-electron chi connectivity index (χ4n) is 0.384. The Labute approximate surface area is 53.4 Å². The zero-order chi connectivity index (χ0) is 7.28. The Morgan fingerprint density at radius 3 is 2.67 bits per heavy atom. The summed E-state index contributed by atoms with van der Waals surface area (Å²) in [6.45, 7) is 0.887. The third-order valence-electron chi connectivity index (χ3n) is 0.684. The molecule has 0 amide bonds. The molecule has 0 aromatic carbocycles. The van der Waals surface area contributed by atoms with E-state index in [-0.39, 0.29) is 6.54 Å². The van der Waals surface area contributed by atoms with Crippen molar-refractivity contribution in [3.05, 3.63) is 0 Å². The van der Waals surface area contributed by atoms with Gasteiger partial charge in [0.2, 0.25) is 0 Å². The van der Waals surface area contributed by atoms with Gasteiger partial charge in [0.15, 0.2) is 0 Å². The Bertz CT molecular complexity index is 97.0. The van der Waals surface area contributed by atoms with Gasteiger partial charge in [0.05, 0.1) is 6.54 Å². The molecule has 0 aromatic rings. The summed E-state index contributed by atoms with van der Waals surface area (Å²) in [7, 11) is 1.50. The van der Waals surface area contributed by atoms with E-state index in [2.05, 4.69) is 4.84 Å². The molecule has 0 radical (unpaired) electrons. The van der Waals surface area contributed by atoms with Gasteiger partial charge >= 0.3 is 5.97 Å². The Balaban J connectivity index is 3.26. The first-order chi connectivity index (χ1) is 4.16. The van der Waals surface area contributed by atoms with Gasteiger partial charge in [-0.3, -0.25) is 4.79 Å². The Hall–Kier alpha value is -0.640. The van der Waals surface area contributed by atoms with Crippen LogP contribution in [0.3, 0.4) is 0 Å². The SMILES string of the molecule is CC(=O)ON(C)CCF. The average molecular weight is 135 g/mol. The predicted molar refractivity (Wildman–Crippen MR) is 30.4 cm³/mol. The number of rotatable bonds is 3. The maximum absolute atomic E-state index is 11.5. The van der Waals surface area contributed by atoms with Crippen LogP contribution < -0.4 is 0 Å². The summed E-state index contributed by atoms with van der Waals surface area (Å²) < 4.78 is 11.5. The molecule has 9 heavy (non-hydrogen) atoms. The summed E-state index contributed by atoms with van der Waals surface area (Å²) >= 11 is 0. The highest BCUT2D eigenvalue weighted by Crippen LogP contribution is 1.84. The first-order valence-electron chi connectivity index (χ1n) is 2.62. The Kier molecular flexibility index (Phi) is 3.96. The smallest absolute Gasteiger partial charge is 0.322 e. The van der Waals surface area contributed by atoms with Crippen molar-refractivity contribution in [2.75, 3.05) is 20.3 Å².